The van der Waals surface area contributed by atoms with Crippen LogP contribution in [0.2, 0.25) is 0 Å². The first-order valence-electron chi connectivity index (χ1n) is 8.86. The van der Waals surface area contributed by atoms with Crippen LogP contribution in [0.15, 0.2) is 47.3 Å². The molecule has 1 aliphatic rings. The van der Waals surface area contributed by atoms with E-state index in [0.717, 1.165) is 17.5 Å². The van der Waals surface area contributed by atoms with Gasteiger partial charge in [0.2, 0.25) is 0 Å². The zero-order valence-electron chi connectivity index (χ0n) is 14.6. The van der Waals surface area contributed by atoms with Gasteiger partial charge in [-0.25, -0.2) is 9.49 Å². The van der Waals surface area contributed by atoms with Gasteiger partial charge < -0.3 is 10.6 Å². The van der Waals surface area contributed by atoms with Gasteiger partial charge in [-0.05, 0) is 23.8 Å². The minimum atomic E-state index is -0.532. The Bertz CT molecular complexity index is 1060. The molecule has 4 rings (SSSR count). The van der Waals surface area contributed by atoms with Crippen molar-refractivity contribution in [3.8, 4) is 0 Å². The number of aromatic amines is 1. The van der Waals surface area contributed by atoms with Crippen molar-refractivity contribution in [1.29, 1.82) is 0 Å². The summed E-state index contributed by atoms with van der Waals surface area (Å²) in [5, 5.41) is 14.2. The monoisotopic (exact) mass is 366 g/mol. The highest BCUT2D eigenvalue weighted by atomic mass is 19.1. The molecule has 1 atom stereocenters. The van der Waals surface area contributed by atoms with Crippen LogP contribution in [0.3, 0.4) is 0 Å². The first kappa shape index (κ1) is 17.5. The Morgan fingerprint density at radius 2 is 1.96 bits per heavy atom. The van der Waals surface area contributed by atoms with Gasteiger partial charge in [0.25, 0.3) is 5.56 Å². The highest BCUT2D eigenvalue weighted by Crippen LogP contribution is 2.19. The molecule has 0 aliphatic carbocycles. The summed E-state index contributed by atoms with van der Waals surface area (Å²) in [5.74, 6) is -0.795. The van der Waals surface area contributed by atoms with Gasteiger partial charge >= 0.3 is 0 Å². The van der Waals surface area contributed by atoms with E-state index >= 15 is 0 Å². The van der Waals surface area contributed by atoms with Crippen LogP contribution in [-0.4, -0.2) is 41.7 Å². The lowest BCUT2D eigenvalue weighted by Gasteiger charge is -2.23. The largest absolute Gasteiger partial charge is 0.313 e. The van der Waals surface area contributed by atoms with Gasteiger partial charge in [-0.1, -0.05) is 24.3 Å². The predicted molar refractivity (Wildman–Crippen MR) is 101 cm³/mol. The number of rotatable bonds is 4. The number of nitrogens with one attached hydrogen (secondary N) is 3. The first-order valence-corrected chi connectivity index (χ1v) is 8.86. The first-order chi connectivity index (χ1) is 13.1. The maximum Gasteiger partial charge on any atom is 0.272 e. The normalized spacial score (nSPS) is 17.1. The Balaban J connectivity index is 1.67. The second kappa shape index (κ2) is 7.38. The Kier molecular flexibility index (Phi) is 4.79. The summed E-state index contributed by atoms with van der Waals surface area (Å²) in [7, 11) is 0. The number of aromatic nitrogens is 2. The summed E-state index contributed by atoms with van der Waals surface area (Å²) in [4.78, 5) is 24.6. The van der Waals surface area contributed by atoms with E-state index in [1.807, 2.05) is 12.1 Å². The van der Waals surface area contributed by atoms with Crippen molar-refractivity contribution in [2.24, 2.45) is 0 Å². The van der Waals surface area contributed by atoms with E-state index in [2.05, 4.69) is 20.8 Å². The number of piperazine rings is 1. The molecule has 138 valence electrons. The molecule has 0 bridgehead atoms. The zero-order chi connectivity index (χ0) is 18.8. The lowest BCUT2D eigenvalue weighted by atomic mass is 9.97. The number of hydrogen-bond acceptors (Lipinski definition) is 5. The number of H-pyrrole nitrogens is 1. The molecule has 0 spiro atoms. The van der Waals surface area contributed by atoms with Gasteiger partial charge in [-0.2, -0.15) is 5.10 Å². The summed E-state index contributed by atoms with van der Waals surface area (Å²) in [6.45, 7) is 1.94. The fourth-order valence-electron chi connectivity index (χ4n) is 3.40. The number of halogens is 1. The molecule has 27 heavy (non-hydrogen) atoms. The number of carbonyl (C=O) groups is 1. The summed E-state index contributed by atoms with van der Waals surface area (Å²) >= 11 is 0. The number of benzene rings is 2. The molecule has 0 radical (unpaired) electrons. The minimum absolute atomic E-state index is 0.0717. The Morgan fingerprint density at radius 1 is 1.15 bits per heavy atom. The van der Waals surface area contributed by atoms with Gasteiger partial charge in [0.1, 0.15) is 5.82 Å². The van der Waals surface area contributed by atoms with Crippen molar-refractivity contribution >= 4 is 16.6 Å². The average molecular weight is 366 g/mol. The molecule has 2 heterocycles. The lowest BCUT2D eigenvalue weighted by molar-refractivity contribution is 0.0930. The van der Waals surface area contributed by atoms with Crippen LogP contribution in [0.25, 0.3) is 10.8 Å². The van der Waals surface area contributed by atoms with E-state index in [4.69, 9.17) is 0 Å². The van der Waals surface area contributed by atoms with Crippen molar-refractivity contribution < 1.29 is 9.18 Å². The highest BCUT2D eigenvalue weighted by Gasteiger charge is 2.24. The minimum Gasteiger partial charge on any atom is -0.313 e. The van der Waals surface area contributed by atoms with Gasteiger partial charge in [0.05, 0.1) is 22.7 Å². The summed E-state index contributed by atoms with van der Waals surface area (Å²) < 4.78 is 14.3. The maximum atomic E-state index is 14.3. The number of hydrogen-bond donors (Lipinski definition) is 3. The Hall–Kier alpha value is -2.90. The maximum absolute atomic E-state index is 14.3. The second-order valence-electron chi connectivity index (χ2n) is 6.61. The molecule has 1 aromatic heterocycles. The van der Waals surface area contributed by atoms with Gasteiger partial charge in [-0.3, -0.25) is 9.59 Å². The van der Waals surface area contributed by atoms with Crippen molar-refractivity contribution in [3.63, 3.8) is 0 Å². The molecule has 3 N–H and O–H groups in total. The van der Waals surface area contributed by atoms with Gasteiger partial charge in [-0.15, -0.1) is 0 Å². The number of fused-ring (bicyclic) bond motifs is 1. The molecule has 1 saturated heterocycles. The van der Waals surface area contributed by atoms with E-state index in [9.17, 15) is 14.0 Å². The van der Waals surface area contributed by atoms with Crippen molar-refractivity contribution in [1.82, 2.24) is 20.8 Å². The van der Waals surface area contributed by atoms with E-state index in [0.29, 0.717) is 30.6 Å². The molecule has 0 saturated carbocycles. The molecule has 1 aliphatic heterocycles. The SMILES string of the molecule is O=C(c1cc(Cc2n[nH]c(=O)c3ccccc23)ccc1F)C1CNCCN1. The molecule has 2 aromatic carbocycles. The van der Waals surface area contributed by atoms with Crippen molar-refractivity contribution in [3.05, 3.63) is 75.5 Å². The van der Waals surface area contributed by atoms with Crippen LogP contribution in [-0.2, 0) is 6.42 Å². The van der Waals surface area contributed by atoms with E-state index in [1.54, 1.807) is 24.3 Å². The molecular weight excluding hydrogens is 347 g/mol. The van der Waals surface area contributed by atoms with Crippen LogP contribution in [0.4, 0.5) is 4.39 Å². The van der Waals surface area contributed by atoms with Crippen LogP contribution in [0.5, 0.6) is 0 Å². The quantitative estimate of drug-likeness (QED) is 0.608. The lowest BCUT2D eigenvalue weighted by Crippen LogP contribution is -2.52. The number of nitrogens with zero attached hydrogens (tertiary/aromatic N) is 1. The van der Waals surface area contributed by atoms with E-state index < -0.39 is 11.9 Å². The zero-order valence-corrected chi connectivity index (χ0v) is 14.6. The predicted octanol–water partition coefficient (Wildman–Crippen LogP) is 1.40. The third-order valence-corrected chi connectivity index (χ3v) is 4.80. The van der Waals surface area contributed by atoms with Gasteiger partial charge in [0, 0.05) is 31.4 Å². The molecule has 6 nitrogen and oxygen atoms in total. The molecule has 7 heteroatoms. The summed E-state index contributed by atoms with van der Waals surface area (Å²) in [6.07, 6.45) is 0.383. The Morgan fingerprint density at radius 3 is 2.74 bits per heavy atom. The molecular formula is C20H19FN4O2. The fourth-order valence-corrected chi connectivity index (χ4v) is 3.40. The molecule has 3 aromatic rings. The standard InChI is InChI=1S/C20H19FN4O2/c21-16-6-5-12(9-15(16)19(26)18-11-22-7-8-23-18)10-17-13-3-1-2-4-14(13)20(27)25-24-17/h1-6,9,18,22-23H,7-8,10-11H2,(H,25,27). The van der Waals surface area contributed by atoms with Crippen LogP contribution in [0, 0.1) is 5.82 Å². The van der Waals surface area contributed by atoms with Crippen molar-refractivity contribution in [2.75, 3.05) is 19.6 Å². The number of Topliss-reactive ketones (excluding diaryl/α,β-unsaturated/α-hetero) is 1. The fraction of sp³-hybridized carbons (Fsp3) is 0.250. The smallest absolute Gasteiger partial charge is 0.272 e. The van der Waals surface area contributed by atoms with Crippen LogP contribution in [0.1, 0.15) is 21.6 Å². The second-order valence-corrected chi connectivity index (χ2v) is 6.61. The van der Waals surface area contributed by atoms with Crippen molar-refractivity contribution in [2.45, 2.75) is 12.5 Å². The molecule has 1 fully saturated rings. The summed E-state index contributed by atoms with van der Waals surface area (Å²) in [5.41, 5.74) is 1.25. The summed E-state index contributed by atoms with van der Waals surface area (Å²) in [6, 6.07) is 11.3. The topological polar surface area (TPSA) is 86.9 Å². The molecule has 1 unspecified atom stereocenters. The number of ketones is 1. The molecule has 0 amide bonds. The van der Waals surface area contributed by atoms with Gasteiger partial charge in [0.15, 0.2) is 5.78 Å². The van der Waals surface area contributed by atoms with E-state index in [1.165, 1.54) is 6.07 Å². The highest BCUT2D eigenvalue weighted by molar-refractivity contribution is 6.00. The third-order valence-electron chi connectivity index (χ3n) is 4.80. The third kappa shape index (κ3) is 3.51. The number of carbonyl (C=O) groups excluding carboxylic acids is 1. The van der Waals surface area contributed by atoms with Crippen LogP contribution < -0.4 is 16.2 Å². The van der Waals surface area contributed by atoms with E-state index in [-0.39, 0.29) is 16.9 Å². The Labute approximate surface area is 154 Å². The average Bonchev–Trinajstić information content (AvgIpc) is 2.72. The van der Waals surface area contributed by atoms with Crippen LogP contribution >= 0.6 is 0 Å².